The lowest BCUT2D eigenvalue weighted by atomic mass is 10.1. The summed E-state index contributed by atoms with van der Waals surface area (Å²) in [5.41, 5.74) is 4.01. The fraction of sp³-hybridized carbons (Fsp3) is 0.273. The zero-order valence-electron chi connectivity index (χ0n) is 15.6. The van der Waals surface area contributed by atoms with Gasteiger partial charge in [-0.15, -0.1) is 0 Å². The molecule has 0 radical (unpaired) electrons. The topological polar surface area (TPSA) is 42.6 Å². The van der Waals surface area contributed by atoms with E-state index in [0.29, 0.717) is 0 Å². The summed E-state index contributed by atoms with van der Waals surface area (Å²) in [6, 6.07) is 18.1. The fourth-order valence-corrected chi connectivity index (χ4v) is 3.30. The molecule has 4 rings (SSSR count). The zero-order valence-corrected chi connectivity index (χ0v) is 15.6. The monoisotopic (exact) mass is 360 g/mol. The van der Waals surface area contributed by atoms with Crippen molar-refractivity contribution in [3.05, 3.63) is 66.4 Å². The number of methoxy groups -OCH3 is 1. The molecule has 0 unspecified atom stereocenters. The molecule has 5 heteroatoms. The molecule has 1 aliphatic heterocycles. The van der Waals surface area contributed by atoms with Crippen LogP contribution >= 0.6 is 0 Å². The van der Waals surface area contributed by atoms with Crippen molar-refractivity contribution in [2.45, 2.75) is 19.3 Å². The van der Waals surface area contributed by atoms with Crippen molar-refractivity contribution >= 4 is 6.21 Å². The predicted octanol–water partition coefficient (Wildman–Crippen LogP) is 4.37. The highest BCUT2D eigenvalue weighted by molar-refractivity contribution is 5.88. The van der Waals surface area contributed by atoms with Gasteiger partial charge >= 0.3 is 0 Å². The number of hydrogen-bond acceptors (Lipinski definition) is 4. The summed E-state index contributed by atoms with van der Waals surface area (Å²) in [7, 11) is 1.68. The standard InChI is InChI=1S/C22H24N4O/c1-27-21-12-10-18(11-13-21)22-19(16-23-25-14-6-3-7-15-25)17-26(24-22)20-8-4-2-5-9-20/h2,4-5,8-13,16-17H,3,6-7,14-15H2,1H3/b23-16-. The quantitative estimate of drug-likeness (QED) is 0.635. The van der Waals surface area contributed by atoms with E-state index in [-0.39, 0.29) is 0 Å². The van der Waals surface area contributed by atoms with Crippen molar-refractivity contribution in [2.75, 3.05) is 20.2 Å². The summed E-state index contributed by atoms with van der Waals surface area (Å²) < 4.78 is 7.19. The van der Waals surface area contributed by atoms with Gasteiger partial charge in [-0.05, 0) is 55.7 Å². The van der Waals surface area contributed by atoms with E-state index in [9.17, 15) is 0 Å². The molecule has 1 aromatic heterocycles. The molecule has 0 N–H and O–H groups in total. The zero-order chi connectivity index (χ0) is 18.5. The van der Waals surface area contributed by atoms with E-state index in [1.807, 2.05) is 59.6 Å². The Morgan fingerprint density at radius 2 is 1.70 bits per heavy atom. The smallest absolute Gasteiger partial charge is 0.118 e. The van der Waals surface area contributed by atoms with Gasteiger partial charge in [0.15, 0.2) is 0 Å². The average Bonchev–Trinajstić information content (AvgIpc) is 3.18. The molecule has 138 valence electrons. The molecule has 27 heavy (non-hydrogen) atoms. The van der Waals surface area contributed by atoms with Crippen LogP contribution in [-0.4, -0.2) is 41.2 Å². The molecule has 0 amide bonds. The Bertz CT molecular complexity index is 894. The molecule has 2 heterocycles. The minimum absolute atomic E-state index is 0.838. The van der Waals surface area contributed by atoms with Crippen LogP contribution in [0.25, 0.3) is 16.9 Å². The summed E-state index contributed by atoms with van der Waals surface area (Å²) in [6.07, 6.45) is 7.71. The van der Waals surface area contributed by atoms with Crippen molar-refractivity contribution in [1.82, 2.24) is 14.8 Å². The van der Waals surface area contributed by atoms with Crippen LogP contribution in [0.1, 0.15) is 24.8 Å². The van der Waals surface area contributed by atoms with E-state index < -0.39 is 0 Å². The first-order valence-corrected chi connectivity index (χ1v) is 9.42. The first-order valence-electron chi connectivity index (χ1n) is 9.42. The maximum absolute atomic E-state index is 5.28. The predicted molar refractivity (Wildman–Crippen MR) is 109 cm³/mol. The van der Waals surface area contributed by atoms with Crippen LogP contribution in [0.5, 0.6) is 5.75 Å². The average molecular weight is 360 g/mol. The number of hydrazone groups is 1. The van der Waals surface area contributed by atoms with Gasteiger partial charge in [-0.3, -0.25) is 5.01 Å². The highest BCUT2D eigenvalue weighted by atomic mass is 16.5. The van der Waals surface area contributed by atoms with Crippen molar-refractivity contribution < 1.29 is 4.74 Å². The fourth-order valence-electron chi connectivity index (χ4n) is 3.30. The number of aromatic nitrogens is 2. The highest BCUT2D eigenvalue weighted by Crippen LogP contribution is 2.25. The Morgan fingerprint density at radius 1 is 0.963 bits per heavy atom. The third kappa shape index (κ3) is 4.03. The third-order valence-electron chi connectivity index (χ3n) is 4.82. The summed E-state index contributed by atoms with van der Waals surface area (Å²) in [5, 5.41) is 11.7. The summed E-state index contributed by atoms with van der Waals surface area (Å²) >= 11 is 0. The normalized spacial score (nSPS) is 14.6. The van der Waals surface area contributed by atoms with Crippen LogP contribution in [0.4, 0.5) is 0 Å². The van der Waals surface area contributed by atoms with E-state index in [1.165, 1.54) is 19.3 Å². The largest absolute Gasteiger partial charge is 0.497 e. The van der Waals surface area contributed by atoms with Gasteiger partial charge < -0.3 is 4.74 Å². The van der Waals surface area contributed by atoms with Gasteiger partial charge in [0.25, 0.3) is 0 Å². The molecule has 3 aromatic rings. The summed E-state index contributed by atoms with van der Waals surface area (Å²) in [4.78, 5) is 0. The lowest BCUT2D eigenvalue weighted by Gasteiger charge is -2.23. The second kappa shape index (κ2) is 8.08. The third-order valence-corrected chi connectivity index (χ3v) is 4.82. The van der Waals surface area contributed by atoms with Crippen LogP contribution in [0.2, 0.25) is 0 Å². The number of ether oxygens (including phenoxy) is 1. The molecule has 1 fully saturated rings. The van der Waals surface area contributed by atoms with Crippen molar-refractivity contribution in [3.8, 4) is 22.7 Å². The highest BCUT2D eigenvalue weighted by Gasteiger charge is 2.12. The van der Waals surface area contributed by atoms with E-state index in [0.717, 1.165) is 41.3 Å². The van der Waals surface area contributed by atoms with E-state index in [1.54, 1.807) is 7.11 Å². The van der Waals surface area contributed by atoms with Gasteiger partial charge in [0, 0.05) is 30.4 Å². The molecule has 1 saturated heterocycles. The number of piperidine rings is 1. The van der Waals surface area contributed by atoms with Gasteiger partial charge in [0.2, 0.25) is 0 Å². The Kier molecular flexibility index (Phi) is 5.19. The molecule has 2 aromatic carbocycles. The Labute approximate surface area is 159 Å². The Hall–Kier alpha value is -3.08. The first-order chi connectivity index (χ1) is 13.3. The summed E-state index contributed by atoms with van der Waals surface area (Å²) in [5.74, 6) is 0.838. The second-order valence-corrected chi connectivity index (χ2v) is 6.70. The molecule has 0 atom stereocenters. The maximum atomic E-state index is 5.28. The first kappa shape index (κ1) is 17.3. The van der Waals surface area contributed by atoms with Gasteiger partial charge in [-0.2, -0.15) is 10.2 Å². The van der Waals surface area contributed by atoms with E-state index >= 15 is 0 Å². The van der Waals surface area contributed by atoms with Crippen LogP contribution in [-0.2, 0) is 0 Å². The van der Waals surface area contributed by atoms with Gasteiger partial charge in [-0.25, -0.2) is 4.68 Å². The number of hydrogen-bond donors (Lipinski definition) is 0. The van der Waals surface area contributed by atoms with Crippen molar-refractivity contribution in [1.29, 1.82) is 0 Å². The molecule has 5 nitrogen and oxygen atoms in total. The van der Waals surface area contributed by atoms with E-state index in [2.05, 4.69) is 17.1 Å². The van der Waals surface area contributed by atoms with Crippen molar-refractivity contribution in [2.24, 2.45) is 5.10 Å². The summed E-state index contributed by atoms with van der Waals surface area (Å²) in [6.45, 7) is 2.06. The minimum Gasteiger partial charge on any atom is -0.497 e. The van der Waals surface area contributed by atoms with Crippen LogP contribution in [0, 0.1) is 0 Å². The van der Waals surface area contributed by atoms with Crippen LogP contribution in [0.3, 0.4) is 0 Å². The van der Waals surface area contributed by atoms with Gasteiger partial charge in [0.05, 0.1) is 19.0 Å². The van der Waals surface area contributed by atoms with Crippen LogP contribution < -0.4 is 4.74 Å². The van der Waals surface area contributed by atoms with Gasteiger partial charge in [0.1, 0.15) is 11.4 Å². The molecule has 0 aliphatic carbocycles. The minimum atomic E-state index is 0.838. The number of nitrogens with zero attached hydrogens (tertiary/aromatic N) is 4. The number of para-hydroxylation sites is 1. The number of benzene rings is 2. The van der Waals surface area contributed by atoms with Gasteiger partial charge in [-0.1, -0.05) is 18.2 Å². The molecule has 0 saturated carbocycles. The lowest BCUT2D eigenvalue weighted by Crippen LogP contribution is -2.24. The van der Waals surface area contributed by atoms with E-state index in [4.69, 9.17) is 14.9 Å². The maximum Gasteiger partial charge on any atom is 0.118 e. The molecular formula is C22H24N4O. The molecule has 0 spiro atoms. The Morgan fingerprint density at radius 3 is 2.41 bits per heavy atom. The Balaban J connectivity index is 1.70. The molecular weight excluding hydrogens is 336 g/mol. The molecule has 0 bridgehead atoms. The molecule has 1 aliphatic rings. The van der Waals surface area contributed by atoms with Crippen molar-refractivity contribution in [3.63, 3.8) is 0 Å². The number of rotatable bonds is 5. The second-order valence-electron chi connectivity index (χ2n) is 6.70. The van der Waals surface area contributed by atoms with Crippen LogP contribution in [0.15, 0.2) is 65.9 Å². The lowest BCUT2D eigenvalue weighted by molar-refractivity contribution is 0.240. The SMILES string of the molecule is COc1ccc(-c2nn(-c3ccccc3)cc2/C=N\N2CCCCC2)cc1.